The Morgan fingerprint density at radius 2 is 2.12 bits per heavy atom. The SMILES string of the molecule is O=C(NCCC1CCCNC1)NC1CCC1. The number of hydrogen-bond donors (Lipinski definition) is 3. The average molecular weight is 225 g/mol. The van der Waals surface area contributed by atoms with Crippen molar-refractivity contribution in [2.45, 2.75) is 44.6 Å². The first-order valence-corrected chi connectivity index (χ1v) is 6.59. The van der Waals surface area contributed by atoms with Gasteiger partial charge in [0.2, 0.25) is 0 Å². The van der Waals surface area contributed by atoms with Gasteiger partial charge in [-0.25, -0.2) is 4.79 Å². The minimum absolute atomic E-state index is 0.0217. The van der Waals surface area contributed by atoms with E-state index in [0.717, 1.165) is 44.8 Å². The van der Waals surface area contributed by atoms with Crippen molar-refractivity contribution < 1.29 is 4.79 Å². The van der Waals surface area contributed by atoms with E-state index in [9.17, 15) is 4.79 Å². The van der Waals surface area contributed by atoms with Gasteiger partial charge in [0.15, 0.2) is 0 Å². The maximum Gasteiger partial charge on any atom is 0.315 e. The lowest BCUT2D eigenvalue weighted by Gasteiger charge is -2.27. The van der Waals surface area contributed by atoms with Crippen LogP contribution in [0.1, 0.15) is 38.5 Å². The highest BCUT2D eigenvalue weighted by Gasteiger charge is 2.19. The van der Waals surface area contributed by atoms with Crippen LogP contribution in [0.2, 0.25) is 0 Å². The van der Waals surface area contributed by atoms with Crippen LogP contribution in [0.25, 0.3) is 0 Å². The molecule has 1 aliphatic heterocycles. The molecule has 4 nitrogen and oxygen atoms in total. The number of amides is 2. The second kappa shape index (κ2) is 6.09. The minimum atomic E-state index is 0.0217. The van der Waals surface area contributed by atoms with Gasteiger partial charge in [-0.15, -0.1) is 0 Å². The Bertz CT molecular complexity index is 222. The van der Waals surface area contributed by atoms with Gasteiger partial charge in [-0.2, -0.15) is 0 Å². The maximum absolute atomic E-state index is 11.5. The Morgan fingerprint density at radius 3 is 2.75 bits per heavy atom. The molecule has 0 aromatic carbocycles. The second-order valence-corrected chi connectivity index (χ2v) is 5.03. The van der Waals surface area contributed by atoms with E-state index in [-0.39, 0.29) is 6.03 Å². The Balaban J connectivity index is 1.51. The van der Waals surface area contributed by atoms with E-state index in [1.807, 2.05) is 0 Å². The van der Waals surface area contributed by atoms with Crippen molar-refractivity contribution in [1.82, 2.24) is 16.0 Å². The number of carbonyl (C=O) groups excluding carboxylic acids is 1. The molecular formula is C12H23N3O. The van der Waals surface area contributed by atoms with Gasteiger partial charge >= 0.3 is 6.03 Å². The summed E-state index contributed by atoms with van der Waals surface area (Å²) in [4.78, 5) is 11.5. The third-order valence-corrected chi connectivity index (χ3v) is 3.68. The summed E-state index contributed by atoms with van der Waals surface area (Å²) in [6.07, 6.45) is 7.25. The molecule has 0 spiro atoms. The molecule has 0 aromatic rings. The highest BCUT2D eigenvalue weighted by Crippen LogP contribution is 2.17. The van der Waals surface area contributed by atoms with Gasteiger partial charge in [-0.3, -0.25) is 0 Å². The molecule has 0 radical (unpaired) electrons. The fraction of sp³-hybridized carbons (Fsp3) is 0.917. The van der Waals surface area contributed by atoms with Crippen molar-refractivity contribution in [2.24, 2.45) is 5.92 Å². The standard InChI is InChI=1S/C12H23N3O/c16-12(15-11-4-1-5-11)14-8-6-10-3-2-7-13-9-10/h10-11,13H,1-9H2,(H2,14,15,16). The zero-order valence-electron chi connectivity index (χ0n) is 9.93. The predicted molar refractivity (Wildman–Crippen MR) is 64.4 cm³/mol. The highest BCUT2D eigenvalue weighted by atomic mass is 16.2. The van der Waals surface area contributed by atoms with Crippen LogP contribution in [0.15, 0.2) is 0 Å². The summed E-state index contributed by atoms with van der Waals surface area (Å²) in [7, 11) is 0. The number of hydrogen-bond acceptors (Lipinski definition) is 2. The third-order valence-electron chi connectivity index (χ3n) is 3.68. The van der Waals surface area contributed by atoms with E-state index in [1.165, 1.54) is 19.3 Å². The van der Waals surface area contributed by atoms with Gasteiger partial charge in [0, 0.05) is 12.6 Å². The molecular weight excluding hydrogens is 202 g/mol. The lowest BCUT2D eigenvalue weighted by atomic mass is 9.93. The zero-order chi connectivity index (χ0) is 11.2. The van der Waals surface area contributed by atoms with E-state index < -0.39 is 0 Å². The van der Waals surface area contributed by atoms with Crippen LogP contribution < -0.4 is 16.0 Å². The molecule has 2 fully saturated rings. The summed E-state index contributed by atoms with van der Waals surface area (Å²) in [5.41, 5.74) is 0. The van der Waals surface area contributed by atoms with E-state index in [0.29, 0.717) is 6.04 Å². The molecule has 2 amide bonds. The van der Waals surface area contributed by atoms with E-state index in [2.05, 4.69) is 16.0 Å². The number of rotatable bonds is 4. The van der Waals surface area contributed by atoms with Gasteiger partial charge in [0.05, 0.1) is 0 Å². The van der Waals surface area contributed by atoms with Gasteiger partial charge in [0.25, 0.3) is 0 Å². The van der Waals surface area contributed by atoms with Gasteiger partial charge < -0.3 is 16.0 Å². The molecule has 1 aliphatic carbocycles. The molecule has 1 unspecified atom stereocenters. The summed E-state index contributed by atoms with van der Waals surface area (Å²) >= 11 is 0. The van der Waals surface area contributed by atoms with Crippen molar-refractivity contribution in [1.29, 1.82) is 0 Å². The van der Waals surface area contributed by atoms with Crippen LogP contribution in [0.4, 0.5) is 4.79 Å². The molecule has 2 aliphatic rings. The normalized spacial score (nSPS) is 25.9. The molecule has 92 valence electrons. The van der Waals surface area contributed by atoms with Crippen molar-refractivity contribution in [3.05, 3.63) is 0 Å². The van der Waals surface area contributed by atoms with E-state index >= 15 is 0 Å². The fourth-order valence-electron chi connectivity index (χ4n) is 2.35. The number of piperidine rings is 1. The molecule has 1 saturated heterocycles. The molecule has 4 heteroatoms. The lowest BCUT2D eigenvalue weighted by Crippen LogP contribution is -2.45. The van der Waals surface area contributed by atoms with Crippen molar-refractivity contribution in [2.75, 3.05) is 19.6 Å². The Labute approximate surface area is 97.6 Å². The molecule has 1 heterocycles. The summed E-state index contributed by atoms with van der Waals surface area (Å²) in [5.74, 6) is 0.748. The maximum atomic E-state index is 11.5. The monoisotopic (exact) mass is 225 g/mol. The van der Waals surface area contributed by atoms with Crippen LogP contribution in [0.5, 0.6) is 0 Å². The molecule has 0 bridgehead atoms. The lowest BCUT2D eigenvalue weighted by molar-refractivity contribution is 0.227. The molecule has 0 aromatic heterocycles. The Morgan fingerprint density at radius 1 is 1.25 bits per heavy atom. The topological polar surface area (TPSA) is 53.2 Å². The molecule has 3 N–H and O–H groups in total. The van der Waals surface area contributed by atoms with Crippen LogP contribution in [-0.4, -0.2) is 31.7 Å². The quantitative estimate of drug-likeness (QED) is 0.674. The summed E-state index contributed by atoms with van der Waals surface area (Å²) in [6, 6.07) is 0.463. The smallest absolute Gasteiger partial charge is 0.315 e. The predicted octanol–water partition coefficient (Wildman–Crippen LogP) is 1.23. The van der Waals surface area contributed by atoms with E-state index in [1.54, 1.807) is 0 Å². The molecule has 16 heavy (non-hydrogen) atoms. The minimum Gasteiger partial charge on any atom is -0.338 e. The van der Waals surface area contributed by atoms with Gasteiger partial charge in [-0.05, 0) is 57.5 Å². The Hall–Kier alpha value is -0.770. The first-order valence-electron chi connectivity index (χ1n) is 6.59. The second-order valence-electron chi connectivity index (χ2n) is 5.03. The van der Waals surface area contributed by atoms with Crippen molar-refractivity contribution >= 4 is 6.03 Å². The summed E-state index contributed by atoms with van der Waals surface area (Å²) in [5, 5.41) is 9.33. The zero-order valence-corrected chi connectivity index (χ0v) is 9.93. The first kappa shape index (κ1) is 11.7. The van der Waals surface area contributed by atoms with E-state index in [4.69, 9.17) is 0 Å². The Kier molecular flexibility index (Phi) is 4.45. The fourth-order valence-corrected chi connectivity index (χ4v) is 2.35. The number of urea groups is 1. The van der Waals surface area contributed by atoms with Crippen LogP contribution in [0.3, 0.4) is 0 Å². The van der Waals surface area contributed by atoms with Crippen molar-refractivity contribution in [3.63, 3.8) is 0 Å². The average Bonchev–Trinajstić information content (AvgIpc) is 2.25. The largest absolute Gasteiger partial charge is 0.338 e. The highest BCUT2D eigenvalue weighted by molar-refractivity contribution is 5.74. The van der Waals surface area contributed by atoms with Crippen molar-refractivity contribution in [3.8, 4) is 0 Å². The molecule has 1 atom stereocenters. The summed E-state index contributed by atoms with van der Waals surface area (Å²) in [6.45, 7) is 3.09. The first-order chi connectivity index (χ1) is 7.84. The van der Waals surface area contributed by atoms with Crippen LogP contribution in [-0.2, 0) is 0 Å². The van der Waals surface area contributed by atoms with Gasteiger partial charge in [-0.1, -0.05) is 0 Å². The third kappa shape index (κ3) is 3.67. The van der Waals surface area contributed by atoms with Crippen LogP contribution >= 0.6 is 0 Å². The van der Waals surface area contributed by atoms with Gasteiger partial charge in [0.1, 0.15) is 0 Å². The number of nitrogens with one attached hydrogen (secondary N) is 3. The number of carbonyl (C=O) groups is 1. The summed E-state index contributed by atoms with van der Waals surface area (Å²) < 4.78 is 0. The molecule has 1 saturated carbocycles. The van der Waals surface area contributed by atoms with Crippen LogP contribution in [0, 0.1) is 5.92 Å². The molecule has 2 rings (SSSR count).